The van der Waals surface area contributed by atoms with E-state index in [-0.39, 0.29) is 17.8 Å². The number of anilines is 3. The maximum Gasteiger partial charge on any atom is 0.411 e. The SMILES string of the molecule is CNc1nc(Nc2ccc(F)cc2)ncc1C#CCCCNC(=O)[C@@H]1C[C@H](OC)CN1C(=O)OC(C)(C)C. The zero-order valence-electron chi connectivity index (χ0n) is 22.4. The lowest BCUT2D eigenvalue weighted by Crippen LogP contribution is -2.47. The van der Waals surface area contributed by atoms with Gasteiger partial charge in [0.15, 0.2) is 0 Å². The Labute approximate surface area is 222 Å². The number of hydrogen-bond donors (Lipinski definition) is 3. The number of nitrogens with zero attached hydrogens (tertiary/aromatic N) is 3. The number of nitrogens with one attached hydrogen (secondary N) is 3. The molecule has 0 aliphatic carbocycles. The molecule has 10 nitrogen and oxygen atoms in total. The van der Waals surface area contributed by atoms with E-state index in [2.05, 4.69) is 37.8 Å². The van der Waals surface area contributed by atoms with Crippen molar-refractivity contribution < 1.29 is 23.5 Å². The van der Waals surface area contributed by atoms with Crippen molar-refractivity contribution in [2.45, 2.75) is 57.8 Å². The van der Waals surface area contributed by atoms with Crippen molar-refractivity contribution in [1.82, 2.24) is 20.2 Å². The molecular formula is C27H35FN6O4. The Bertz CT molecular complexity index is 1170. The molecule has 2 heterocycles. The van der Waals surface area contributed by atoms with Crippen LogP contribution in [0.4, 0.5) is 26.6 Å². The first-order chi connectivity index (χ1) is 18.1. The average molecular weight is 527 g/mol. The molecule has 0 bridgehead atoms. The Kier molecular flexibility index (Phi) is 9.85. The zero-order valence-corrected chi connectivity index (χ0v) is 22.4. The number of benzene rings is 1. The highest BCUT2D eigenvalue weighted by Gasteiger charge is 2.41. The van der Waals surface area contributed by atoms with Gasteiger partial charge in [-0.3, -0.25) is 9.69 Å². The smallest absolute Gasteiger partial charge is 0.411 e. The minimum Gasteiger partial charge on any atom is -0.444 e. The Balaban J connectivity index is 1.49. The normalized spacial score (nSPS) is 16.8. The van der Waals surface area contributed by atoms with Crippen LogP contribution in [-0.4, -0.2) is 71.9 Å². The van der Waals surface area contributed by atoms with Crippen LogP contribution in [0.5, 0.6) is 0 Å². The van der Waals surface area contributed by atoms with Gasteiger partial charge >= 0.3 is 6.09 Å². The van der Waals surface area contributed by atoms with E-state index in [1.165, 1.54) is 17.0 Å². The van der Waals surface area contributed by atoms with Crippen LogP contribution in [0.3, 0.4) is 0 Å². The Morgan fingerprint density at radius 1 is 1.24 bits per heavy atom. The van der Waals surface area contributed by atoms with Gasteiger partial charge in [0.2, 0.25) is 11.9 Å². The Morgan fingerprint density at radius 3 is 2.63 bits per heavy atom. The van der Waals surface area contributed by atoms with Gasteiger partial charge in [-0.15, -0.1) is 0 Å². The summed E-state index contributed by atoms with van der Waals surface area (Å²) in [5.41, 5.74) is 0.643. The standard InChI is InChI=1S/C27H35FN6O4/c1-27(2,3)38-26(36)34-17-21(37-5)15-22(34)24(35)30-14-8-6-7-9-18-16-31-25(33-23(18)29-4)32-20-12-10-19(28)11-13-20/h10-13,16,21-22H,6,8,14-15,17H2,1-5H3,(H,30,35)(H2,29,31,32,33)/t21-,22-/m0/s1. The molecule has 38 heavy (non-hydrogen) atoms. The molecule has 2 amide bonds. The summed E-state index contributed by atoms with van der Waals surface area (Å²) in [6.07, 6.45) is 2.46. The molecule has 2 atom stereocenters. The van der Waals surface area contributed by atoms with Gasteiger partial charge in [-0.05, 0) is 51.5 Å². The van der Waals surface area contributed by atoms with E-state index in [4.69, 9.17) is 9.47 Å². The average Bonchev–Trinajstić information content (AvgIpc) is 3.32. The number of carbonyl (C=O) groups excluding carboxylic acids is 2. The number of amides is 2. The summed E-state index contributed by atoms with van der Waals surface area (Å²) in [6, 6.07) is 5.26. The molecule has 0 radical (unpaired) electrons. The fourth-order valence-corrected chi connectivity index (χ4v) is 3.79. The summed E-state index contributed by atoms with van der Waals surface area (Å²) in [4.78, 5) is 35.5. The second kappa shape index (κ2) is 13.1. The zero-order chi connectivity index (χ0) is 27.7. The lowest BCUT2D eigenvalue weighted by molar-refractivity contribution is -0.125. The van der Waals surface area contributed by atoms with Crippen molar-refractivity contribution in [2.75, 3.05) is 37.9 Å². The van der Waals surface area contributed by atoms with E-state index in [9.17, 15) is 14.0 Å². The van der Waals surface area contributed by atoms with E-state index in [1.807, 2.05) is 0 Å². The number of halogens is 1. The molecule has 3 N–H and O–H groups in total. The van der Waals surface area contributed by atoms with Crippen LogP contribution in [0.15, 0.2) is 30.5 Å². The highest BCUT2D eigenvalue weighted by molar-refractivity contribution is 5.86. The topological polar surface area (TPSA) is 118 Å². The first-order valence-corrected chi connectivity index (χ1v) is 12.5. The van der Waals surface area contributed by atoms with Gasteiger partial charge in [0, 0.05) is 39.2 Å². The first kappa shape index (κ1) is 28.7. The van der Waals surface area contributed by atoms with Crippen LogP contribution in [0, 0.1) is 17.7 Å². The number of ether oxygens (including phenoxy) is 2. The van der Waals surface area contributed by atoms with Gasteiger partial charge in [-0.2, -0.15) is 4.98 Å². The molecule has 0 unspecified atom stereocenters. The molecule has 1 aromatic carbocycles. The lowest BCUT2D eigenvalue weighted by atomic mass is 10.2. The molecule has 1 aromatic heterocycles. The second-order valence-corrected chi connectivity index (χ2v) is 9.78. The number of aromatic nitrogens is 2. The number of methoxy groups -OCH3 is 1. The quantitative estimate of drug-likeness (QED) is 0.352. The number of rotatable bonds is 8. The van der Waals surface area contributed by atoms with Crippen molar-refractivity contribution in [3.8, 4) is 11.8 Å². The molecule has 1 aliphatic heterocycles. The predicted molar refractivity (Wildman–Crippen MR) is 143 cm³/mol. The monoisotopic (exact) mass is 526 g/mol. The van der Waals surface area contributed by atoms with Gasteiger partial charge in [-0.25, -0.2) is 14.2 Å². The molecule has 1 fully saturated rings. The number of likely N-dealkylation sites (tertiary alicyclic amines) is 1. The van der Waals surface area contributed by atoms with Crippen molar-refractivity contribution in [3.05, 3.63) is 41.8 Å². The van der Waals surface area contributed by atoms with Crippen LogP contribution in [-0.2, 0) is 14.3 Å². The highest BCUT2D eigenvalue weighted by atomic mass is 19.1. The fraction of sp³-hybridized carbons (Fsp3) is 0.481. The van der Waals surface area contributed by atoms with Crippen LogP contribution in [0.25, 0.3) is 0 Å². The molecule has 3 rings (SSSR count). The molecule has 1 aliphatic rings. The fourth-order valence-electron chi connectivity index (χ4n) is 3.79. The number of carbonyl (C=O) groups is 2. The summed E-state index contributed by atoms with van der Waals surface area (Å²) in [6.45, 7) is 6.09. The minimum absolute atomic E-state index is 0.218. The van der Waals surface area contributed by atoms with Crippen LogP contribution >= 0.6 is 0 Å². The van der Waals surface area contributed by atoms with Gasteiger partial charge in [0.1, 0.15) is 23.3 Å². The lowest BCUT2D eigenvalue weighted by Gasteiger charge is -2.27. The third-order valence-electron chi connectivity index (χ3n) is 5.65. The number of unbranched alkanes of at least 4 members (excludes halogenated alkanes) is 1. The summed E-state index contributed by atoms with van der Waals surface area (Å²) in [7, 11) is 3.31. The van der Waals surface area contributed by atoms with E-state index in [0.717, 1.165) is 0 Å². The summed E-state index contributed by atoms with van der Waals surface area (Å²) < 4.78 is 23.9. The molecule has 1 saturated heterocycles. The van der Waals surface area contributed by atoms with Gasteiger partial charge < -0.3 is 25.4 Å². The Hall–Kier alpha value is -3.91. The van der Waals surface area contributed by atoms with E-state index in [0.29, 0.717) is 55.4 Å². The van der Waals surface area contributed by atoms with Gasteiger partial charge in [-0.1, -0.05) is 11.8 Å². The molecule has 2 aromatic rings. The minimum atomic E-state index is -0.653. The van der Waals surface area contributed by atoms with Crippen molar-refractivity contribution in [2.24, 2.45) is 0 Å². The largest absolute Gasteiger partial charge is 0.444 e. The van der Waals surface area contributed by atoms with Crippen LogP contribution in [0.2, 0.25) is 0 Å². The third-order valence-corrected chi connectivity index (χ3v) is 5.65. The van der Waals surface area contributed by atoms with E-state index >= 15 is 0 Å². The molecule has 11 heteroatoms. The first-order valence-electron chi connectivity index (χ1n) is 12.5. The van der Waals surface area contributed by atoms with Crippen LogP contribution in [0.1, 0.15) is 45.6 Å². The second-order valence-electron chi connectivity index (χ2n) is 9.78. The maximum atomic E-state index is 13.1. The molecule has 0 spiro atoms. The van der Waals surface area contributed by atoms with Gasteiger partial charge in [0.25, 0.3) is 0 Å². The van der Waals surface area contributed by atoms with Crippen molar-refractivity contribution >= 4 is 29.5 Å². The van der Waals surface area contributed by atoms with Gasteiger partial charge in [0.05, 0.1) is 24.4 Å². The van der Waals surface area contributed by atoms with Crippen molar-refractivity contribution in [1.29, 1.82) is 0 Å². The van der Waals surface area contributed by atoms with Crippen molar-refractivity contribution in [3.63, 3.8) is 0 Å². The summed E-state index contributed by atoms with van der Waals surface area (Å²) >= 11 is 0. The molecule has 0 saturated carbocycles. The summed E-state index contributed by atoms with van der Waals surface area (Å²) in [5.74, 6) is 6.48. The number of hydrogen-bond acceptors (Lipinski definition) is 8. The van der Waals surface area contributed by atoms with Crippen LogP contribution < -0.4 is 16.0 Å². The third kappa shape index (κ3) is 8.31. The molecule has 204 valence electrons. The van der Waals surface area contributed by atoms with E-state index in [1.54, 1.807) is 53.3 Å². The predicted octanol–water partition coefficient (Wildman–Crippen LogP) is 3.67. The Morgan fingerprint density at radius 2 is 1.97 bits per heavy atom. The maximum absolute atomic E-state index is 13.1. The summed E-state index contributed by atoms with van der Waals surface area (Å²) in [5, 5.41) is 8.91. The highest BCUT2D eigenvalue weighted by Crippen LogP contribution is 2.23. The van der Waals surface area contributed by atoms with E-state index < -0.39 is 17.7 Å². The molecular weight excluding hydrogens is 491 g/mol.